The quantitative estimate of drug-likeness (QED) is 0.509. The first-order chi connectivity index (χ1) is 14.5. The van der Waals surface area contributed by atoms with Gasteiger partial charge in [-0.25, -0.2) is 13.1 Å². The van der Waals surface area contributed by atoms with Gasteiger partial charge >= 0.3 is 6.18 Å². The Morgan fingerprint density at radius 3 is 2.52 bits per heavy atom. The van der Waals surface area contributed by atoms with Crippen LogP contribution in [0.2, 0.25) is 5.02 Å². The van der Waals surface area contributed by atoms with Crippen LogP contribution >= 0.6 is 11.6 Å². The molecule has 0 aliphatic rings. The Kier molecular flexibility index (Phi) is 6.39. The highest BCUT2D eigenvalue weighted by Crippen LogP contribution is 2.36. The molecule has 3 aromatic rings. The number of benzene rings is 2. The van der Waals surface area contributed by atoms with Gasteiger partial charge in [0.05, 0.1) is 15.5 Å². The van der Waals surface area contributed by atoms with Gasteiger partial charge in [-0.15, -0.1) is 0 Å². The minimum absolute atomic E-state index is 0.0695. The first kappa shape index (κ1) is 22.8. The van der Waals surface area contributed by atoms with E-state index in [9.17, 15) is 31.2 Å². The minimum Gasteiger partial charge on any atom is -0.326 e. The second-order valence-electron chi connectivity index (χ2n) is 6.46. The van der Waals surface area contributed by atoms with Crippen molar-refractivity contribution in [3.8, 4) is 0 Å². The van der Waals surface area contributed by atoms with E-state index in [1.807, 2.05) is 0 Å². The molecule has 3 rings (SSSR count). The lowest BCUT2D eigenvalue weighted by molar-refractivity contribution is -0.137. The molecule has 1 heterocycles. The summed E-state index contributed by atoms with van der Waals surface area (Å²) in [6.07, 6.45) is -5.00. The number of H-pyrrole nitrogens is 1. The molecule has 1 aromatic heterocycles. The summed E-state index contributed by atoms with van der Waals surface area (Å²) in [5.74, 6) is -0.686. The van der Waals surface area contributed by atoms with Crippen molar-refractivity contribution >= 4 is 44.1 Å². The number of fused-ring (bicyclic) bond motifs is 1. The smallest absolute Gasteiger partial charge is 0.326 e. The van der Waals surface area contributed by atoms with Gasteiger partial charge in [0.1, 0.15) is 0 Å². The standard InChI is InChI=1S/C19H15ClF3N3O4S/c20-15-4-2-12(10-14(15)19(21,22)23)25-18(28)7-8-24-31(29,30)13-3-5-16-11(9-13)1-6-17(27)26-16/h1-6,9-10,24H,7-8H2,(H,25,28)(H,26,27). The zero-order chi connectivity index (χ0) is 22.8. The fraction of sp³-hybridized carbons (Fsp3) is 0.158. The summed E-state index contributed by atoms with van der Waals surface area (Å²) in [5.41, 5.74) is -1.07. The van der Waals surface area contributed by atoms with Crippen LogP contribution in [0.3, 0.4) is 0 Å². The van der Waals surface area contributed by atoms with Crippen molar-refractivity contribution in [1.82, 2.24) is 9.71 Å². The monoisotopic (exact) mass is 473 g/mol. The number of aromatic nitrogens is 1. The van der Waals surface area contributed by atoms with Crippen molar-refractivity contribution in [2.24, 2.45) is 0 Å². The molecule has 0 aliphatic carbocycles. The molecule has 0 radical (unpaired) electrons. The number of hydrogen-bond donors (Lipinski definition) is 3. The number of nitrogens with one attached hydrogen (secondary N) is 3. The summed E-state index contributed by atoms with van der Waals surface area (Å²) in [4.78, 5) is 25.8. The Balaban J connectivity index is 1.62. The highest BCUT2D eigenvalue weighted by molar-refractivity contribution is 7.89. The molecule has 12 heteroatoms. The fourth-order valence-electron chi connectivity index (χ4n) is 2.73. The van der Waals surface area contributed by atoms with E-state index in [0.717, 1.165) is 6.07 Å². The number of halogens is 4. The lowest BCUT2D eigenvalue weighted by Gasteiger charge is -2.12. The Labute approximate surface area is 179 Å². The summed E-state index contributed by atoms with van der Waals surface area (Å²) in [7, 11) is -3.95. The molecule has 7 nitrogen and oxygen atoms in total. The summed E-state index contributed by atoms with van der Waals surface area (Å²) >= 11 is 5.53. The van der Waals surface area contributed by atoms with E-state index in [1.54, 1.807) is 0 Å². The van der Waals surface area contributed by atoms with E-state index in [4.69, 9.17) is 11.6 Å². The summed E-state index contributed by atoms with van der Waals surface area (Å²) < 4.78 is 65.8. The number of alkyl halides is 3. The molecule has 0 saturated heterocycles. The Hall–Kier alpha value is -2.89. The first-order valence-corrected chi connectivity index (χ1v) is 10.6. The van der Waals surface area contributed by atoms with Gasteiger partial charge in [-0.1, -0.05) is 11.6 Å². The maximum absolute atomic E-state index is 12.9. The molecule has 0 fully saturated rings. The second-order valence-corrected chi connectivity index (χ2v) is 8.63. The zero-order valence-corrected chi connectivity index (χ0v) is 17.2. The van der Waals surface area contributed by atoms with Crippen molar-refractivity contribution in [3.05, 3.63) is 69.5 Å². The van der Waals surface area contributed by atoms with Crippen LogP contribution in [0.5, 0.6) is 0 Å². The Bertz CT molecular complexity index is 1310. The van der Waals surface area contributed by atoms with Crippen molar-refractivity contribution in [2.75, 3.05) is 11.9 Å². The third-order valence-corrected chi connectivity index (χ3v) is 5.99. The highest BCUT2D eigenvalue weighted by Gasteiger charge is 2.33. The average molecular weight is 474 g/mol. The molecule has 0 unspecified atom stereocenters. The molecule has 0 atom stereocenters. The lowest BCUT2D eigenvalue weighted by atomic mass is 10.2. The summed E-state index contributed by atoms with van der Waals surface area (Å²) in [6.45, 7) is -0.280. The van der Waals surface area contributed by atoms with Crippen LogP contribution in [0.4, 0.5) is 18.9 Å². The minimum atomic E-state index is -4.68. The van der Waals surface area contributed by atoms with Gasteiger partial charge < -0.3 is 10.3 Å². The van der Waals surface area contributed by atoms with Crippen LogP contribution in [-0.4, -0.2) is 25.9 Å². The lowest BCUT2D eigenvalue weighted by Crippen LogP contribution is -2.28. The number of aromatic amines is 1. The number of rotatable bonds is 6. The molecule has 0 saturated carbocycles. The fourth-order valence-corrected chi connectivity index (χ4v) is 4.02. The molecule has 2 aromatic carbocycles. The maximum Gasteiger partial charge on any atom is 0.417 e. The number of sulfonamides is 1. The number of amides is 1. The number of carbonyl (C=O) groups is 1. The predicted octanol–water partition coefficient (Wildman–Crippen LogP) is 3.51. The van der Waals surface area contributed by atoms with Crippen LogP contribution in [0.25, 0.3) is 10.9 Å². The van der Waals surface area contributed by atoms with Gasteiger partial charge in [-0.2, -0.15) is 13.2 Å². The van der Waals surface area contributed by atoms with Gasteiger partial charge in [-0.3, -0.25) is 9.59 Å². The summed E-state index contributed by atoms with van der Waals surface area (Å²) in [6, 6.07) is 9.75. The Morgan fingerprint density at radius 1 is 1.06 bits per heavy atom. The molecule has 31 heavy (non-hydrogen) atoms. The summed E-state index contributed by atoms with van der Waals surface area (Å²) in [5, 5.41) is 2.27. The molecular weight excluding hydrogens is 459 g/mol. The van der Waals surface area contributed by atoms with Crippen LogP contribution < -0.4 is 15.6 Å². The maximum atomic E-state index is 12.9. The molecule has 0 spiro atoms. The molecule has 0 aliphatic heterocycles. The molecule has 1 amide bonds. The van der Waals surface area contributed by atoms with Gasteiger partial charge in [0.15, 0.2) is 0 Å². The van der Waals surface area contributed by atoms with E-state index >= 15 is 0 Å². The third kappa shape index (κ3) is 5.63. The van der Waals surface area contributed by atoms with Gasteiger partial charge in [0.25, 0.3) is 0 Å². The van der Waals surface area contributed by atoms with Crippen LogP contribution in [0, 0.1) is 0 Å². The van der Waals surface area contributed by atoms with E-state index in [2.05, 4.69) is 15.0 Å². The number of pyridine rings is 1. The van der Waals surface area contributed by atoms with Crippen molar-refractivity contribution in [2.45, 2.75) is 17.5 Å². The number of carbonyl (C=O) groups excluding carboxylic acids is 1. The van der Waals surface area contributed by atoms with Crippen molar-refractivity contribution in [1.29, 1.82) is 0 Å². The average Bonchev–Trinajstić information content (AvgIpc) is 2.68. The highest BCUT2D eigenvalue weighted by atomic mass is 35.5. The number of anilines is 1. The van der Waals surface area contributed by atoms with Gasteiger partial charge in [0.2, 0.25) is 21.5 Å². The van der Waals surface area contributed by atoms with Crippen LogP contribution in [0.1, 0.15) is 12.0 Å². The molecule has 164 valence electrons. The second kappa shape index (κ2) is 8.69. The predicted molar refractivity (Wildman–Crippen MR) is 109 cm³/mol. The first-order valence-electron chi connectivity index (χ1n) is 8.75. The zero-order valence-electron chi connectivity index (χ0n) is 15.6. The van der Waals surface area contributed by atoms with Crippen molar-refractivity contribution in [3.63, 3.8) is 0 Å². The SMILES string of the molecule is O=C(CCNS(=O)(=O)c1ccc2[nH]c(=O)ccc2c1)Nc1ccc(Cl)c(C(F)(F)F)c1. The van der Waals surface area contributed by atoms with Crippen LogP contribution in [0.15, 0.2) is 58.2 Å². The van der Waals surface area contributed by atoms with E-state index in [0.29, 0.717) is 17.0 Å². The van der Waals surface area contributed by atoms with E-state index in [-0.39, 0.29) is 29.1 Å². The largest absolute Gasteiger partial charge is 0.417 e. The molecule has 3 N–H and O–H groups in total. The van der Waals surface area contributed by atoms with Gasteiger partial charge in [0, 0.05) is 30.2 Å². The van der Waals surface area contributed by atoms with E-state index < -0.39 is 32.7 Å². The van der Waals surface area contributed by atoms with Crippen molar-refractivity contribution < 1.29 is 26.4 Å². The van der Waals surface area contributed by atoms with Gasteiger partial charge in [-0.05, 0) is 47.9 Å². The number of hydrogen-bond acceptors (Lipinski definition) is 4. The van der Waals surface area contributed by atoms with Crippen LogP contribution in [-0.2, 0) is 21.0 Å². The molecular formula is C19H15ClF3N3O4S. The topological polar surface area (TPSA) is 108 Å². The third-order valence-electron chi connectivity index (χ3n) is 4.21. The van der Waals surface area contributed by atoms with E-state index in [1.165, 1.54) is 36.4 Å². The molecule has 0 bridgehead atoms. The normalized spacial score (nSPS) is 12.1. The Morgan fingerprint density at radius 2 is 1.81 bits per heavy atom.